The van der Waals surface area contributed by atoms with Crippen LogP contribution < -0.4 is 0 Å². The highest BCUT2D eigenvalue weighted by molar-refractivity contribution is 6.30. The van der Waals surface area contributed by atoms with Gasteiger partial charge >= 0.3 is 0 Å². The predicted molar refractivity (Wildman–Crippen MR) is 101 cm³/mol. The zero-order valence-electron chi connectivity index (χ0n) is 14.6. The number of carbonyl (C=O) groups excluding carboxylic acids is 1. The molecule has 0 aliphatic carbocycles. The van der Waals surface area contributed by atoms with E-state index in [1.165, 1.54) is 7.11 Å². The minimum Gasteiger partial charge on any atom is -0.390 e. The Morgan fingerprint density at radius 2 is 1.96 bits per heavy atom. The van der Waals surface area contributed by atoms with E-state index in [1.807, 2.05) is 54.6 Å². The van der Waals surface area contributed by atoms with E-state index in [4.69, 9.17) is 21.2 Å². The largest absolute Gasteiger partial charge is 0.390 e. The van der Waals surface area contributed by atoms with Gasteiger partial charge in [0.1, 0.15) is 6.61 Å². The zero-order valence-corrected chi connectivity index (χ0v) is 15.4. The molecule has 26 heavy (non-hydrogen) atoms. The third-order valence-corrected chi connectivity index (χ3v) is 4.42. The molecular formula is C20H21ClN2O3. The first kappa shape index (κ1) is 18.4. The Morgan fingerprint density at radius 1 is 1.23 bits per heavy atom. The van der Waals surface area contributed by atoms with Gasteiger partial charge in [0.25, 0.3) is 0 Å². The molecule has 0 saturated heterocycles. The van der Waals surface area contributed by atoms with Gasteiger partial charge in [-0.3, -0.25) is 4.79 Å². The van der Waals surface area contributed by atoms with Gasteiger partial charge in [0, 0.05) is 25.1 Å². The lowest BCUT2D eigenvalue weighted by Crippen LogP contribution is -2.39. The summed E-state index contributed by atoms with van der Waals surface area (Å²) in [5.74, 6) is -0.0695. The van der Waals surface area contributed by atoms with Gasteiger partial charge in [-0.05, 0) is 23.3 Å². The predicted octanol–water partition coefficient (Wildman–Crippen LogP) is 3.51. The van der Waals surface area contributed by atoms with E-state index < -0.39 is 0 Å². The number of halogens is 1. The Balaban J connectivity index is 1.64. The molecule has 0 bridgehead atoms. The molecule has 1 aliphatic rings. The number of nitrogens with zero attached hydrogens (tertiary/aromatic N) is 2. The van der Waals surface area contributed by atoms with Crippen LogP contribution in [-0.4, -0.2) is 42.9 Å². The van der Waals surface area contributed by atoms with Crippen molar-refractivity contribution in [1.29, 1.82) is 0 Å². The van der Waals surface area contributed by atoms with Crippen LogP contribution in [-0.2, 0) is 20.9 Å². The van der Waals surface area contributed by atoms with E-state index in [1.54, 1.807) is 4.90 Å². The van der Waals surface area contributed by atoms with Gasteiger partial charge < -0.3 is 14.5 Å². The van der Waals surface area contributed by atoms with Crippen LogP contribution >= 0.6 is 11.6 Å². The first-order valence-electron chi connectivity index (χ1n) is 8.45. The maximum Gasteiger partial charge on any atom is 0.248 e. The molecular weight excluding hydrogens is 352 g/mol. The van der Waals surface area contributed by atoms with Crippen molar-refractivity contribution in [2.75, 3.05) is 20.3 Å². The number of oxime groups is 1. The number of hydrogen-bond donors (Lipinski definition) is 0. The minimum atomic E-state index is -0.176. The molecule has 0 fully saturated rings. The van der Waals surface area contributed by atoms with Crippen LogP contribution in [0.1, 0.15) is 17.5 Å². The Morgan fingerprint density at radius 3 is 2.65 bits per heavy atom. The third kappa shape index (κ3) is 4.84. The summed E-state index contributed by atoms with van der Waals surface area (Å²) in [6.45, 7) is 1.02. The smallest absolute Gasteiger partial charge is 0.248 e. The van der Waals surface area contributed by atoms with Gasteiger partial charge in [0.15, 0.2) is 6.10 Å². The Hall–Kier alpha value is -2.37. The van der Waals surface area contributed by atoms with Crippen LogP contribution in [0.2, 0.25) is 5.02 Å². The maximum atomic E-state index is 12.4. The highest BCUT2D eigenvalue weighted by atomic mass is 35.5. The molecule has 1 amide bonds. The Bertz CT molecular complexity index is 762. The fourth-order valence-electron chi connectivity index (χ4n) is 2.86. The van der Waals surface area contributed by atoms with Crippen molar-refractivity contribution in [3.05, 3.63) is 70.7 Å². The fraction of sp³-hybridized carbons (Fsp3) is 0.300. The lowest BCUT2D eigenvalue weighted by Gasteiger charge is -2.24. The van der Waals surface area contributed by atoms with Crippen LogP contribution in [0.5, 0.6) is 0 Å². The normalized spacial score (nSPS) is 16.1. The van der Waals surface area contributed by atoms with E-state index in [9.17, 15) is 4.79 Å². The number of rotatable bonds is 7. The van der Waals surface area contributed by atoms with E-state index in [-0.39, 0.29) is 18.6 Å². The molecule has 0 unspecified atom stereocenters. The van der Waals surface area contributed by atoms with E-state index in [0.717, 1.165) is 16.8 Å². The van der Waals surface area contributed by atoms with Crippen molar-refractivity contribution in [2.24, 2.45) is 5.16 Å². The van der Waals surface area contributed by atoms with Crippen LogP contribution in [0.4, 0.5) is 0 Å². The highest BCUT2D eigenvalue weighted by Crippen LogP contribution is 2.20. The first-order chi connectivity index (χ1) is 12.7. The second-order valence-corrected chi connectivity index (χ2v) is 6.61. The Labute approximate surface area is 158 Å². The maximum absolute atomic E-state index is 12.4. The van der Waals surface area contributed by atoms with Crippen molar-refractivity contribution >= 4 is 23.2 Å². The molecule has 0 radical (unpaired) electrons. The average Bonchev–Trinajstić information content (AvgIpc) is 3.11. The molecule has 0 N–H and O–H groups in total. The van der Waals surface area contributed by atoms with Gasteiger partial charge in [-0.2, -0.15) is 0 Å². The van der Waals surface area contributed by atoms with Gasteiger partial charge in [-0.15, -0.1) is 0 Å². The number of hydrogen-bond acceptors (Lipinski definition) is 4. The van der Waals surface area contributed by atoms with Crippen molar-refractivity contribution in [1.82, 2.24) is 4.90 Å². The first-order valence-corrected chi connectivity index (χ1v) is 8.83. The summed E-state index contributed by atoms with van der Waals surface area (Å²) in [7, 11) is 1.52. The molecule has 0 spiro atoms. The standard InChI is InChI=1S/C20H21ClN2O3/c1-25-14-20(24)23(12-15-5-3-2-4-6-15)13-18-11-19(22-26-18)16-7-9-17(21)10-8-16/h2-10,18H,11-14H2,1H3/t18-/m1/s1. The molecule has 0 saturated carbocycles. The summed E-state index contributed by atoms with van der Waals surface area (Å²) >= 11 is 5.93. The Kier molecular flexibility index (Phi) is 6.26. The summed E-state index contributed by atoms with van der Waals surface area (Å²) in [4.78, 5) is 19.7. The third-order valence-electron chi connectivity index (χ3n) is 4.17. The SMILES string of the molecule is COCC(=O)N(Cc1ccccc1)C[C@H]1CC(c2ccc(Cl)cc2)=NO1. The van der Waals surface area contributed by atoms with E-state index in [0.29, 0.717) is 24.5 Å². The molecule has 1 heterocycles. The number of benzene rings is 2. The monoisotopic (exact) mass is 372 g/mol. The molecule has 5 nitrogen and oxygen atoms in total. The van der Waals surface area contributed by atoms with Crippen molar-refractivity contribution in [3.63, 3.8) is 0 Å². The van der Waals surface area contributed by atoms with Gasteiger partial charge in [0.2, 0.25) is 5.91 Å². The lowest BCUT2D eigenvalue weighted by atomic mass is 10.0. The van der Waals surface area contributed by atoms with Crippen LogP contribution in [0.15, 0.2) is 59.8 Å². The average molecular weight is 373 g/mol. The summed E-state index contributed by atoms with van der Waals surface area (Å²) in [6.07, 6.45) is 0.470. The highest BCUT2D eigenvalue weighted by Gasteiger charge is 2.26. The molecule has 3 rings (SSSR count). The van der Waals surface area contributed by atoms with Gasteiger partial charge in [-0.1, -0.05) is 59.2 Å². The summed E-state index contributed by atoms with van der Waals surface area (Å²) in [6, 6.07) is 17.4. The molecule has 2 aromatic rings. The van der Waals surface area contributed by atoms with Crippen molar-refractivity contribution in [3.8, 4) is 0 Å². The van der Waals surface area contributed by atoms with E-state index in [2.05, 4.69) is 5.16 Å². The number of methoxy groups -OCH3 is 1. The van der Waals surface area contributed by atoms with E-state index >= 15 is 0 Å². The molecule has 136 valence electrons. The summed E-state index contributed by atoms with van der Waals surface area (Å²) in [5, 5.41) is 4.87. The second-order valence-electron chi connectivity index (χ2n) is 6.17. The zero-order chi connectivity index (χ0) is 18.4. The molecule has 0 aromatic heterocycles. The minimum absolute atomic E-state index is 0.0461. The quantitative estimate of drug-likeness (QED) is 0.747. The summed E-state index contributed by atoms with van der Waals surface area (Å²) < 4.78 is 5.02. The topological polar surface area (TPSA) is 51.1 Å². The van der Waals surface area contributed by atoms with Crippen LogP contribution in [0, 0.1) is 0 Å². The van der Waals surface area contributed by atoms with Gasteiger partial charge in [0.05, 0.1) is 12.3 Å². The number of carbonyl (C=O) groups is 1. The lowest BCUT2D eigenvalue weighted by molar-refractivity contribution is -0.137. The summed E-state index contributed by atoms with van der Waals surface area (Å²) in [5.41, 5.74) is 2.91. The fourth-order valence-corrected chi connectivity index (χ4v) is 2.98. The number of amides is 1. The van der Waals surface area contributed by atoms with Crippen molar-refractivity contribution < 1.29 is 14.4 Å². The molecule has 1 atom stereocenters. The van der Waals surface area contributed by atoms with Crippen molar-refractivity contribution in [2.45, 2.75) is 19.1 Å². The molecule has 2 aromatic carbocycles. The van der Waals surface area contributed by atoms with Gasteiger partial charge in [-0.25, -0.2) is 0 Å². The number of ether oxygens (including phenoxy) is 1. The molecule has 6 heteroatoms. The molecule has 1 aliphatic heterocycles. The second kappa shape index (κ2) is 8.83. The van der Waals surface area contributed by atoms with Crippen LogP contribution in [0.3, 0.4) is 0 Å². The van der Waals surface area contributed by atoms with Crippen LogP contribution in [0.25, 0.3) is 0 Å².